The molecule has 1 amide bonds. The lowest BCUT2D eigenvalue weighted by Gasteiger charge is -2.28. The molecule has 0 N–H and O–H groups in total. The molecule has 5 heteroatoms. The molecule has 0 radical (unpaired) electrons. The Kier molecular flexibility index (Phi) is 6.28. The standard InChI is InChI=1S/C27H27N3OS/c31-26(30(18-21-10-3-1-4-11-21)19-22-12-5-2-6-13-22)20-29-17-9-15-24(29)27-28-23-14-7-8-16-25(23)32-27/h1-8,10-14,16,24H,9,15,17-20H2/t24-/m1/s1. The van der Waals surface area contributed by atoms with Gasteiger partial charge in [-0.25, -0.2) is 4.98 Å². The number of para-hydroxylation sites is 1. The minimum Gasteiger partial charge on any atom is -0.333 e. The van der Waals surface area contributed by atoms with Crippen LogP contribution in [0.4, 0.5) is 0 Å². The highest BCUT2D eigenvalue weighted by molar-refractivity contribution is 7.18. The van der Waals surface area contributed by atoms with Crippen LogP contribution in [0.3, 0.4) is 0 Å². The fourth-order valence-electron chi connectivity index (χ4n) is 4.44. The topological polar surface area (TPSA) is 36.4 Å². The van der Waals surface area contributed by atoms with Gasteiger partial charge < -0.3 is 4.90 Å². The Labute approximate surface area is 193 Å². The molecule has 32 heavy (non-hydrogen) atoms. The molecule has 1 aliphatic heterocycles. The molecule has 0 spiro atoms. The molecule has 5 rings (SSSR count). The maximum Gasteiger partial charge on any atom is 0.237 e. The van der Waals surface area contributed by atoms with Gasteiger partial charge in [0.2, 0.25) is 5.91 Å². The predicted octanol–water partition coefficient (Wildman–Crippen LogP) is 5.66. The highest BCUT2D eigenvalue weighted by atomic mass is 32.1. The van der Waals surface area contributed by atoms with Crippen molar-refractivity contribution in [3.8, 4) is 0 Å². The number of amides is 1. The van der Waals surface area contributed by atoms with Crippen LogP contribution < -0.4 is 0 Å². The van der Waals surface area contributed by atoms with Crippen LogP contribution in [0.15, 0.2) is 84.9 Å². The van der Waals surface area contributed by atoms with Crippen LogP contribution in [0, 0.1) is 0 Å². The third-order valence-corrected chi connectivity index (χ3v) is 7.22. The highest BCUT2D eigenvalue weighted by Gasteiger charge is 2.31. The average Bonchev–Trinajstić information content (AvgIpc) is 3.46. The molecule has 3 aromatic carbocycles. The minimum atomic E-state index is 0.172. The van der Waals surface area contributed by atoms with Crippen molar-refractivity contribution in [3.63, 3.8) is 0 Å². The first kappa shape index (κ1) is 20.9. The normalized spacial score (nSPS) is 16.4. The van der Waals surface area contributed by atoms with E-state index < -0.39 is 0 Å². The van der Waals surface area contributed by atoms with E-state index in [1.807, 2.05) is 47.4 Å². The zero-order valence-corrected chi connectivity index (χ0v) is 18.9. The number of carbonyl (C=O) groups is 1. The molecule has 0 aliphatic carbocycles. The molecular formula is C27H27N3OS. The molecule has 1 fully saturated rings. The first-order valence-electron chi connectivity index (χ1n) is 11.2. The SMILES string of the molecule is O=C(CN1CCC[C@@H]1c1nc2ccccc2s1)N(Cc1ccccc1)Cc1ccccc1. The van der Waals surface area contributed by atoms with Crippen LogP contribution in [0.5, 0.6) is 0 Å². The summed E-state index contributed by atoms with van der Waals surface area (Å²) in [7, 11) is 0. The highest BCUT2D eigenvalue weighted by Crippen LogP contribution is 2.36. The maximum absolute atomic E-state index is 13.5. The Morgan fingerprint density at radius 1 is 0.906 bits per heavy atom. The summed E-state index contributed by atoms with van der Waals surface area (Å²) in [6.07, 6.45) is 2.16. The third-order valence-electron chi connectivity index (χ3n) is 6.08. The van der Waals surface area contributed by atoms with Gasteiger partial charge in [0.1, 0.15) is 5.01 Å². The van der Waals surface area contributed by atoms with Crippen LogP contribution in [0.1, 0.15) is 35.0 Å². The molecule has 1 atom stereocenters. The smallest absolute Gasteiger partial charge is 0.237 e. The van der Waals surface area contributed by atoms with E-state index in [9.17, 15) is 4.79 Å². The van der Waals surface area contributed by atoms with Crippen molar-refractivity contribution in [1.82, 2.24) is 14.8 Å². The number of nitrogens with zero attached hydrogens (tertiary/aromatic N) is 3. The first-order valence-corrected chi connectivity index (χ1v) is 12.0. The van der Waals surface area contributed by atoms with Crippen LogP contribution in [-0.4, -0.2) is 33.8 Å². The average molecular weight is 442 g/mol. The molecule has 162 valence electrons. The molecule has 4 nitrogen and oxygen atoms in total. The number of fused-ring (bicyclic) bond motifs is 1. The Hall–Kier alpha value is -3.02. The Morgan fingerprint density at radius 3 is 2.19 bits per heavy atom. The summed E-state index contributed by atoms with van der Waals surface area (Å²) in [5.74, 6) is 0.172. The lowest BCUT2D eigenvalue weighted by atomic mass is 10.1. The summed E-state index contributed by atoms with van der Waals surface area (Å²) in [5, 5.41) is 1.13. The second-order valence-electron chi connectivity index (χ2n) is 8.37. The van der Waals surface area contributed by atoms with Crippen molar-refractivity contribution in [2.75, 3.05) is 13.1 Å². The van der Waals surface area contributed by atoms with Crippen molar-refractivity contribution in [2.24, 2.45) is 0 Å². The number of carbonyl (C=O) groups excluding carboxylic acids is 1. The van der Waals surface area contributed by atoms with Gasteiger partial charge in [0.15, 0.2) is 0 Å². The van der Waals surface area contributed by atoms with Crippen molar-refractivity contribution in [2.45, 2.75) is 32.0 Å². The summed E-state index contributed by atoms with van der Waals surface area (Å²) in [6.45, 7) is 2.61. The summed E-state index contributed by atoms with van der Waals surface area (Å²) in [4.78, 5) is 22.7. The Balaban J connectivity index is 1.34. The van der Waals surface area contributed by atoms with E-state index in [4.69, 9.17) is 4.98 Å². The van der Waals surface area contributed by atoms with Crippen LogP contribution in [0.2, 0.25) is 0 Å². The summed E-state index contributed by atoms with van der Waals surface area (Å²) < 4.78 is 1.22. The van der Waals surface area contributed by atoms with E-state index in [1.54, 1.807) is 11.3 Å². The van der Waals surface area contributed by atoms with Gasteiger partial charge in [0, 0.05) is 13.1 Å². The zero-order valence-electron chi connectivity index (χ0n) is 18.1. The predicted molar refractivity (Wildman–Crippen MR) is 130 cm³/mol. The second-order valence-corrected chi connectivity index (χ2v) is 9.43. The fraction of sp³-hybridized carbons (Fsp3) is 0.259. The van der Waals surface area contributed by atoms with Gasteiger partial charge in [-0.1, -0.05) is 72.8 Å². The van der Waals surface area contributed by atoms with Gasteiger partial charge in [0.25, 0.3) is 0 Å². The van der Waals surface area contributed by atoms with Crippen molar-refractivity contribution in [3.05, 3.63) is 101 Å². The molecule has 0 unspecified atom stereocenters. The van der Waals surface area contributed by atoms with E-state index in [-0.39, 0.29) is 11.9 Å². The minimum absolute atomic E-state index is 0.172. The number of benzene rings is 3. The van der Waals surface area contributed by atoms with Crippen LogP contribution in [0.25, 0.3) is 10.2 Å². The van der Waals surface area contributed by atoms with Gasteiger partial charge in [-0.15, -0.1) is 11.3 Å². The number of hydrogen-bond donors (Lipinski definition) is 0. The number of rotatable bonds is 7. The first-order chi connectivity index (χ1) is 15.8. The lowest BCUT2D eigenvalue weighted by Crippen LogP contribution is -2.39. The van der Waals surface area contributed by atoms with Crippen LogP contribution >= 0.6 is 11.3 Å². The fourth-order valence-corrected chi connectivity index (χ4v) is 5.58. The lowest BCUT2D eigenvalue weighted by molar-refractivity contribution is -0.134. The molecule has 1 aliphatic rings. The zero-order chi connectivity index (χ0) is 21.8. The third kappa shape index (κ3) is 4.74. The molecule has 0 bridgehead atoms. The number of aromatic nitrogens is 1. The monoisotopic (exact) mass is 441 g/mol. The summed E-state index contributed by atoms with van der Waals surface area (Å²) in [5.41, 5.74) is 3.36. The molecule has 1 aromatic heterocycles. The van der Waals surface area contributed by atoms with E-state index in [0.717, 1.165) is 41.0 Å². The van der Waals surface area contributed by atoms with Crippen molar-refractivity contribution >= 4 is 27.5 Å². The van der Waals surface area contributed by atoms with Gasteiger partial charge in [-0.3, -0.25) is 9.69 Å². The van der Waals surface area contributed by atoms with Gasteiger partial charge in [0.05, 0.1) is 22.8 Å². The molecule has 0 saturated carbocycles. The van der Waals surface area contributed by atoms with Gasteiger partial charge in [-0.05, 0) is 42.6 Å². The second kappa shape index (κ2) is 9.63. The summed E-state index contributed by atoms with van der Waals surface area (Å²) >= 11 is 1.76. The Morgan fingerprint density at radius 2 is 1.53 bits per heavy atom. The molecule has 4 aromatic rings. The molecule has 2 heterocycles. The van der Waals surface area contributed by atoms with E-state index in [1.165, 1.54) is 4.70 Å². The molecule has 1 saturated heterocycles. The number of thiazole rings is 1. The van der Waals surface area contributed by atoms with E-state index in [0.29, 0.717) is 19.6 Å². The van der Waals surface area contributed by atoms with Gasteiger partial charge in [-0.2, -0.15) is 0 Å². The van der Waals surface area contributed by atoms with E-state index in [2.05, 4.69) is 47.4 Å². The summed E-state index contributed by atoms with van der Waals surface area (Å²) in [6, 6.07) is 29.0. The van der Waals surface area contributed by atoms with Gasteiger partial charge >= 0.3 is 0 Å². The number of hydrogen-bond acceptors (Lipinski definition) is 4. The van der Waals surface area contributed by atoms with E-state index >= 15 is 0 Å². The Bertz CT molecular complexity index is 1100. The van der Waals surface area contributed by atoms with Crippen LogP contribution in [-0.2, 0) is 17.9 Å². The van der Waals surface area contributed by atoms with Crippen molar-refractivity contribution < 1.29 is 4.79 Å². The quantitative estimate of drug-likeness (QED) is 0.371. The van der Waals surface area contributed by atoms with Crippen molar-refractivity contribution in [1.29, 1.82) is 0 Å². The largest absolute Gasteiger partial charge is 0.333 e. The number of likely N-dealkylation sites (tertiary alicyclic amines) is 1. The molecular weight excluding hydrogens is 414 g/mol. The maximum atomic E-state index is 13.5.